The molecule has 2 aromatic carbocycles. The first-order chi connectivity index (χ1) is 13.3. The quantitative estimate of drug-likeness (QED) is 0.399. The fraction of sp³-hybridized carbons (Fsp3) is 0.150. The predicted octanol–water partition coefficient (Wildman–Crippen LogP) is 5.98. The number of nitro groups is 1. The smallest absolute Gasteiger partial charge is 0.258 e. The number of non-ortho nitro benzene ring substituents is 1. The fourth-order valence-electron chi connectivity index (χ4n) is 3.22. The Balaban J connectivity index is 1.82. The van der Waals surface area contributed by atoms with Gasteiger partial charge in [-0.3, -0.25) is 10.1 Å². The van der Waals surface area contributed by atoms with Crippen molar-refractivity contribution < 1.29 is 18.1 Å². The maximum Gasteiger partial charge on any atom is 0.418 e. The number of halogens is 3. The molecule has 0 fully saturated rings. The van der Waals surface area contributed by atoms with Crippen molar-refractivity contribution in [2.45, 2.75) is 17.5 Å². The Morgan fingerprint density at radius 2 is 1.86 bits per heavy atom. The molecule has 3 aromatic rings. The van der Waals surface area contributed by atoms with Crippen LogP contribution in [0.5, 0.6) is 0 Å². The van der Waals surface area contributed by atoms with Crippen LogP contribution in [-0.2, 0) is 12.6 Å². The summed E-state index contributed by atoms with van der Waals surface area (Å²) in [5.74, 6) is 0.796. The number of thioether (sulfide) groups is 1. The molecule has 28 heavy (non-hydrogen) atoms. The lowest BCUT2D eigenvalue weighted by atomic mass is 10.0. The highest BCUT2D eigenvalue weighted by molar-refractivity contribution is 7.99. The summed E-state index contributed by atoms with van der Waals surface area (Å²) >= 11 is 1.54. The number of benzene rings is 2. The summed E-state index contributed by atoms with van der Waals surface area (Å²) in [6.45, 7) is 0. The third kappa shape index (κ3) is 3.35. The number of hydrogen-bond donors (Lipinski definition) is 0. The lowest BCUT2D eigenvalue weighted by Crippen LogP contribution is -2.07. The molecule has 1 aromatic heterocycles. The minimum atomic E-state index is -4.48. The van der Waals surface area contributed by atoms with E-state index in [1.165, 1.54) is 18.2 Å². The van der Waals surface area contributed by atoms with E-state index in [9.17, 15) is 23.3 Å². The maximum absolute atomic E-state index is 13.4. The zero-order valence-corrected chi connectivity index (χ0v) is 15.2. The fourth-order valence-corrected chi connectivity index (χ4v) is 4.44. The zero-order valence-electron chi connectivity index (χ0n) is 14.4. The van der Waals surface area contributed by atoms with Crippen LogP contribution in [0.3, 0.4) is 0 Å². The van der Waals surface area contributed by atoms with Gasteiger partial charge in [-0.15, -0.1) is 11.8 Å². The second kappa shape index (κ2) is 6.94. The van der Waals surface area contributed by atoms with Gasteiger partial charge in [0.15, 0.2) is 0 Å². The zero-order chi connectivity index (χ0) is 19.9. The van der Waals surface area contributed by atoms with Gasteiger partial charge in [0, 0.05) is 28.2 Å². The number of nitrogens with zero attached hydrogens (tertiary/aromatic N) is 2. The molecule has 0 aliphatic carbocycles. The van der Waals surface area contributed by atoms with Crippen LogP contribution in [-0.4, -0.2) is 15.7 Å². The SMILES string of the molecule is O=[N+]([O-])c1ccc(C=Cc2nc3c(C(F)(F)F)cccc3c3c2CCS3)cc1. The molecule has 0 bridgehead atoms. The highest BCUT2D eigenvalue weighted by Crippen LogP contribution is 2.42. The van der Waals surface area contributed by atoms with Crippen molar-refractivity contribution in [1.82, 2.24) is 4.98 Å². The van der Waals surface area contributed by atoms with Crippen LogP contribution in [0.2, 0.25) is 0 Å². The molecule has 1 aliphatic heterocycles. The molecule has 0 saturated carbocycles. The van der Waals surface area contributed by atoms with Crippen molar-refractivity contribution in [3.63, 3.8) is 0 Å². The summed E-state index contributed by atoms with van der Waals surface area (Å²) < 4.78 is 40.3. The average molecular weight is 402 g/mol. The number of rotatable bonds is 3. The van der Waals surface area contributed by atoms with Crippen molar-refractivity contribution in [3.05, 3.63) is 75.0 Å². The summed E-state index contributed by atoms with van der Waals surface area (Å²) in [6, 6.07) is 10.1. The van der Waals surface area contributed by atoms with E-state index >= 15 is 0 Å². The summed E-state index contributed by atoms with van der Waals surface area (Å²) in [5, 5.41) is 11.3. The van der Waals surface area contributed by atoms with E-state index in [1.807, 2.05) is 0 Å². The number of alkyl halides is 3. The van der Waals surface area contributed by atoms with E-state index in [0.29, 0.717) is 16.6 Å². The molecule has 0 radical (unpaired) electrons. The van der Waals surface area contributed by atoms with Crippen LogP contribution in [0, 0.1) is 10.1 Å². The molecule has 4 nitrogen and oxygen atoms in total. The molecular formula is C20H13F3N2O2S. The van der Waals surface area contributed by atoms with Crippen molar-refractivity contribution in [2.24, 2.45) is 0 Å². The molecule has 0 atom stereocenters. The van der Waals surface area contributed by atoms with Gasteiger partial charge in [-0.25, -0.2) is 4.98 Å². The topological polar surface area (TPSA) is 56.0 Å². The van der Waals surface area contributed by atoms with E-state index in [1.54, 1.807) is 42.1 Å². The number of para-hydroxylation sites is 1. The van der Waals surface area contributed by atoms with Gasteiger partial charge in [-0.05, 0) is 41.8 Å². The van der Waals surface area contributed by atoms with Crippen LogP contribution >= 0.6 is 11.8 Å². The molecule has 0 saturated heterocycles. The summed E-state index contributed by atoms with van der Waals surface area (Å²) in [4.78, 5) is 15.4. The van der Waals surface area contributed by atoms with Gasteiger partial charge in [0.1, 0.15) is 0 Å². The van der Waals surface area contributed by atoms with Crippen LogP contribution in [0.1, 0.15) is 22.4 Å². The van der Waals surface area contributed by atoms with Gasteiger partial charge < -0.3 is 0 Å². The monoisotopic (exact) mass is 402 g/mol. The lowest BCUT2D eigenvalue weighted by Gasteiger charge is -2.13. The second-order valence-corrected chi connectivity index (χ2v) is 7.39. The van der Waals surface area contributed by atoms with Crippen molar-refractivity contribution in [2.75, 3.05) is 5.75 Å². The largest absolute Gasteiger partial charge is 0.418 e. The summed E-state index contributed by atoms with van der Waals surface area (Å²) in [6.07, 6.45) is -0.363. The maximum atomic E-state index is 13.4. The third-order valence-corrected chi connectivity index (χ3v) is 5.70. The Morgan fingerprint density at radius 1 is 1.11 bits per heavy atom. The molecule has 4 rings (SSSR count). The number of pyridine rings is 1. The van der Waals surface area contributed by atoms with Gasteiger partial charge in [0.05, 0.1) is 21.7 Å². The molecule has 1 aliphatic rings. The normalized spacial score (nSPS) is 14.0. The second-order valence-electron chi connectivity index (χ2n) is 6.28. The first kappa shape index (κ1) is 18.5. The number of aromatic nitrogens is 1. The molecule has 8 heteroatoms. The Morgan fingerprint density at radius 3 is 2.54 bits per heavy atom. The van der Waals surface area contributed by atoms with Crippen LogP contribution in [0.25, 0.3) is 23.1 Å². The van der Waals surface area contributed by atoms with Gasteiger partial charge in [-0.1, -0.05) is 18.2 Å². The molecular weight excluding hydrogens is 389 g/mol. The number of hydrogen-bond acceptors (Lipinski definition) is 4. The first-order valence-electron chi connectivity index (χ1n) is 8.43. The van der Waals surface area contributed by atoms with Gasteiger partial charge in [0.25, 0.3) is 5.69 Å². The highest BCUT2D eigenvalue weighted by Gasteiger charge is 2.34. The molecule has 142 valence electrons. The van der Waals surface area contributed by atoms with Gasteiger partial charge in [-0.2, -0.15) is 13.2 Å². The highest BCUT2D eigenvalue weighted by atomic mass is 32.2. The van der Waals surface area contributed by atoms with E-state index in [2.05, 4.69) is 4.98 Å². The van der Waals surface area contributed by atoms with Crippen LogP contribution in [0.15, 0.2) is 47.4 Å². The van der Waals surface area contributed by atoms with Crippen molar-refractivity contribution in [1.29, 1.82) is 0 Å². The van der Waals surface area contributed by atoms with E-state index in [-0.39, 0.29) is 11.2 Å². The molecule has 2 heterocycles. The van der Waals surface area contributed by atoms with E-state index in [0.717, 1.165) is 28.7 Å². The Hall–Kier alpha value is -2.87. The lowest BCUT2D eigenvalue weighted by molar-refractivity contribution is -0.384. The van der Waals surface area contributed by atoms with Gasteiger partial charge in [0.2, 0.25) is 0 Å². The standard InChI is InChI=1S/C20H13F3N2O2S/c21-20(22,23)16-3-1-2-15-18(16)24-17(14-10-11-28-19(14)15)9-6-12-4-7-13(8-5-12)25(26)27/h1-9H,10-11H2. The van der Waals surface area contributed by atoms with Crippen molar-refractivity contribution in [3.8, 4) is 0 Å². The Bertz CT molecular complexity index is 1110. The minimum absolute atomic E-state index is 0.0203. The number of fused-ring (bicyclic) bond motifs is 3. The van der Waals surface area contributed by atoms with E-state index < -0.39 is 16.7 Å². The van der Waals surface area contributed by atoms with Crippen LogP contribution < -0.4 is 0 Å². The van der Waals surface area contributed by atoms with E-state index in [4.69, 9.17) is 0 Å². The molecule has 0 spiro atoms. The summed E-state index contributed by atoms with van der Waals surface area (Å²) in [5.41, 5.74) is 1.33. The third-order valence-electron chi connectivity index (χ3n) is 4.54. The molecule has 0 amide bonds. The van der Waals surface area contributed by atoms with Crippen LogP contribution in [0.4, 0.5) is 18.9 Å². The number of nitro benzene ring substituents is 1. The van der Waals surface area contributed by atoms with Gasteiger partial charge >= 0.3 is 6.18 Å². The summed E-state index contributed by atoms with van der Waals surface area (Å²) in [7, 11) is 0. The average Bonchev–Trinajstić information content (AvgIpc) is 3.15. The molecule has 0 unspecified atom stereocenters. The first-order valence-corrected chi connectivity index (χ1v) is 9.41. The Kier molecular flexibility index (Phi) is 4.58. The Labute approximate surface area is 162 Å². The van der Waals surface area contributed by atoms with Crippen molar-refractivity contribution >= 4 is 40.5 Å². The minimum Gasteiger partial charge on any atom is -0.258 e. The molecule has 0 N–H and O–H groups in total. The predicted molar refractivity (Wildman–Crippen MR) is 103 cm³/mol.